The fourth-order valence-electron chi connectivity index (χ4n) is 4.32. The summed E-state index contributed by atoms with van der Waals surface area (Å²) in [5.74, 6) is 0.184. The largest absolute Gasteiger partial charge is 0.488 e. The van der Waals surface area contributed by atoms with Crippen molar-refractivity contribution in [3.8, 4) is 5.75 Å². The average Bonchev–Trinajstić information content (AvgIpc) is 2.86. The van der Waals surface area contributed by atoms with E-state index in [1.165, 1.54) is 12.4 Å². The fourth-order valence-corrected chi connectivity index (χ4v) is 4.32. The van der Waals surface area contributed by atoms with Gasteiger partial charge >= 0.3 is 5.97 Å². The predicted octanol–water partition coefficient (Wildman–Crippen LogP) is 2.76. The number of hydrogen-bond acceptors (Lipinski definition) is 9. The van der Waals surface area contributed by atoms with Crippen LogP contribution in [-0.4, -0.2) is 69.5 Å². The molecule has 33 heavy (non-hydrogen) atoms. The average molecular weight is 450 g/mol. The first-order valence-corrected chi connectivity index (χ1v) is 11.2. The standard InChI is InChI=1S/C23H26N6O4/c30-22(31)15-13-26-23(27-14-15)28-16-1-3-18(4-2-16)33-20-12-17(29-7-9-32-10-8-29)11-19-21(20)25-6-5-24-19/h5-6,11-14,16,18H,1-4,7-10H2,(H,30,31)(H,26,27,28)/t16-,18+. The van der Waals surface area contributed by atoms with Gasteiger partial charge in [-0.3, -0.25) is 4.98 Å². The van der Waals surface area contributed by atoms with Crippen molar-refractivity contribution in [1.29, 1.82) is 0 Å². The molecule has 1 aliphatic carbocycles. The van der Waals surface area contributed by atoms with Gasteiger partial charge in [0.25, 0.3) is 0 Å². The summed E-state index contributed by atoms with van der Waals surface area (Å²) in [6.45, 7) is 3.12. The fraction of sp³-hybridized carbons (Fsp3) is 0.435. The van der Waals surface area contributed by atoms with Crippen LogP contribution < -0.4 is 15.0 Å². The quantitative estimate of drug-likeness (QED) is 0.579. The van der Waals surface area contributed by atoms with Crippen LogP contribution in [0.1, 0.15) is 36.0 Å². The number of benzene rings is 1. The van der Waals surface area contributed by atoms with Crippen molar-refractivity contribution in [3.63, 3.8) is 0 Å². The molecule has 1 aliphatic heterocycles. The molecule has 0 unspecified atom stereocenters. The molecule has 2 N–H and O–H groups in total. The molecule has 2 aromatic heterocycles. The zero-order valence-electron chi connectivity index (χ0n) is 18.2. The first-order chi connectivity index (χ1) is 16.2. The summed E-state index contributed by atoms with van der Waals surface area (Å²) in [6, 6.07) is 4.36. The van der Waals surface area contributed by atoms with E-state index in [1.54, 1.807) is 12.4 Å². The Hall–Kier alpha value is -3.53. The molecule has 10 nitrogen and oxygen atoms in total. The zero-order valence-corrected chi connectivity index (χ0v) is 18.2. The molecule has 1 aromatic carbocycles. The van der Waals surface area contributed by atoms with Crippen molar-refractivity contribution in [2.45, 2.75) is 37.8 Å². The lowest BCUT2D eigenvalue weighted by molar-refractivity contribution is 0.0696. The molecule has 172 valence electrons. The van der Waals surface area contributed by atoms with Gasteiger partial charge in [-0.2, -0.15) is 0 Å². The van der Waals surface area contributed by atoms with E-state index in [-0.39, 0.29) is 17.7 Å². The highest BCUT2D eigenvalue weighted by Crippen LogP contribution is 2.33. The Kier molecular flexibility index (Phi) is 6.16. The van der Waals surface area contributed by atoms with Crippen LogP contribution in [0.15, 0.2) is 36.9 Å². The third kappa shape index (κ3) is 4.95. The van der Waals surface area contributed by atoms with Gasteiger partial charge in [-0.15, -0.1) is 0 Å². The molecular formula is C23H26N6O4. The second-order valence-electron chi connectivity index (χ2n) is 8.30. The molecular weight excluding hydrogens is 424 g/mol. The normalized spacial score (nSPS) is 21.0. The van der Waals surface area contributed by atoms with E-state index in [0.29, 0.717) is 19.2 Å². The topological polar surface area (TPSA) is 123 Å². The number of carboxylic acids is 1. The Balaban J connectivity index is 1.24. The molecule has 10 heteroatoms. The van der Waals surface area contributed by atoms with Gasteiger partial charge in [0.15, 0.2) is 0 Å². The second kappa shape index (κ2) is 9.53. The van der Waals surface area contributed by atoms with Crippen molar-refractivity contribution in [2.24, 2.45) is 0 Å². The van der Waals surface area contributed by atoms with E-state index in [2.05, 4.69) is 42.3 Å². The maximum atomic E-state index is 11.0. The van der Waals surface area contributed by atoms with Gasteiger partial charge < -0.3 is 24.8 Å². The van der Waals surface area contributed by atoms with E-state index < -0.39 is 5.97 Å². The lowest BCUT2D eigenvalue weighted by Crippen LogP contribution is -2.36. The van der Waals surface area contributed by atoms with Crippen molar-refractivity contribution in [2.75, 3.05) is 36.5 Å². The van der Waals surface area contributed by atoms with Crippen molar-refractivity contribution < 1.29 is 19.4 Å². The molecule has 2 aliphatic rings. The summed E-state index contributed by atoms with van der Waals surface area (Å²) >= 11 is 0. The van der Waals surface area contributed by atoms with E-state index in [9.17, 15) is 4.79 Å². The van der Waals surface area contributed by atoms with Crippen LogP contribution in [0.25, 0.3) is 11.0 Å². The molecule has 1 saturated heterocycles. The Morgan fingerprint density at radius 2 is 1.76 bits per heavy atom. The molecule has 1 saturated carbocycles. The summed E-state index contributed by atoms with van der Waals surface area (Å²) in [6.07, 6.45) is 9.70. The van der Waals surface area contributed by atoms with Crippen LogP contribution in [0, 0.1) is 0 Å². The van der Waals surface area contributed by atoms with Crippen LogP contribution in [-0.2, 0) is 4.74 Å². The number of fused-ring (bicyclic) bond motifs is 1. The third-order valence-corrected chi connectivity index (χ3v) is 6.10. The lowest BCUT2D eigenvalue weighted by Gasteiger charge is -2.31. The summed E-state index contributed by atoms with van der Waals surface area (Å²) in [7, 11) is 0. The van der Waals surface area contributed by atoms with Gasteiger partial charge in [0.1, 0.15) is 11.3 Å². The van der Waals surface area contributed by atoms with Crippen molar-refractivity contribution in [3.05, 3.63) is 42.5 Å². The number of rotatable bonds is 6. The monoisotopic (exact) mass is 450 g/mol. The van der Waals surface area contributed by atoms with E-state index in [0.717, 1.165) is 61.2 Å². The molecule has 0 atom stereocenters. The molecule has 5 rings (SSSR count). The Morgan fingerprint density at radius 3 is 2.48 bits per heavy atom. The molecule has 2 fully saturated rings. The summed E-state index contributed by atoms with van der Waals surface area (Å²) < 4.78 is 11.9. The van der Waals surface area contributed by atoms with Crippen LogP contribution in [0.3, 0.4) is 0 Å². The number of carbonyl (C=O) groups is 1. The summed E-state index contributed by atoms with van der Waals surface area (Å²) in [4.78, 5) is 30.5. The highest BCUT2D eigenvalue weighted by atomic mass is 16.5. The number of carboxylic acid groups (broad SMARTS) is 1. The van der Waals surface area contributed by atoms with E-state index >= 15 is 0 Å². The first kappa shape index (κ1) is 21.3. The van der Waals surface area contributed by atoms with Gasteiger partial charge in [-0.1, -0.05) is 0 Å². The van der Waals surface area contributed by atoms with Gasteiger partial charge in [0, 0.05) is 55.7 Å². The highest BCUT2D eigenvalue weighted by molar-refractivity contribution is 5.87. The number of anilines is 2. The maximum Gasteiger partial charge on any atom is 0.338 e. The molecule has 0 bridgehead atoms. The minimum absolute atomic E-state index is 0.0762. The first-order valence-electron chi connectivity index (χ1n) is 11.2. The van der Waals surface area contributed by atoms with Gasteiger partial charge in [-0.25, -0.2) is 19.7 Å². The maximum absolute atomic E-state index is 11.0. The number of hydrogen-bond donors (Lipinski definition) is 2. The Bertz CT molecular complexity index is 1110. The van der Waals surface area contributed by atoms with Crippen LogP contribution in [0.5, 0.6) is 5.75 Å². The highest BCUT2D eigenvalue weighted by Gasteiger charge is 2.24. The van der Waals surface area contributed by atoms with E-state index in [1.807, 2.05) is 0 Å². The SMILES string of the molecule is O=C(O)c1cnc(N[C@H]2CC[C@@H](Oc3cc(N4CCOCC4)cc4nccnc34)CC2)nc1. The van der Waals surface area contributed by atoms with Gasteiger partial charge in [0.2, 0.25) is 5.95 Å². The van der Waals surface area contributed by atoms with Crippen molar-refractivity contribution in [1.82, 2.24) is 19.9 Å². The van der Waals surface area contributed by atoms with Crippen molar-refractivity contribution >= 4 is 28.6 Å². The van der Waals surface area contributed by atoms with Gasteiger partial charge in [0.05, 0.1) is 30.4 Å². The van der Waals surface area contributed by atoms with Crippen LogP contribution in [0.4, 0.5) is 11.6 Å². The zero-order chi connectivity index (χ0) is 22.6. The molecule has 0 radical (unpaired) electrons. The van der Waals surface area contributed by atoms with Crippen LogP contribution in [0.2, 0.25) is 0 Å². The number of aromatic carboxylic acids is 1. The predicted molar refractivity (Wildman–Crippen MR) is 122 cm³/mol. The molecule has 0 amide bonds. The number of morpholine rings is 1. The smallest absolute Gasteiger partial charge is 0.338 e. The number of nitrogens with one attached hydrogen (secondary N) is 1. The van der Waals surface area contributed by atoms with Crippen LogP contribution >= 0.6 is 0 Å². The summed E-state index contributed by atoms with van der Waals surface area (Å²) in [5.41, 5.74) is 2.77. The minimum Gasteiger partial charge on any atom is -0.488 e. The van der Waals surface area contributed by atoms with E-state index in [4.69, 9.17) is 14.6 Å². The third-order valence-electron chi connectivity index (χ3n) is 6.10. The Labute approximate surface area is 191 Å². The number of aromatic nitrogens is 4. The van der Waals surface area contributed by atoms with Gasteiger partial charge in [-0.05, 0) is 31.7 Å². The number of nitrogens with zero attached hydrogens (tertiary/aromatic N) is 5. The molecule has 0 spiro atoms. The summed E-state index contributed by atoms with van der Waals surface area (Å²) in [5, 5.41) is 12.3. The molecule has 3 aromatic rings. The minimum atomic E-state index is -1.03. The number of ether oxygens (including phenoxy) is 2. The second-order valence-corrected chi connectivity index (χ2v) is 8.30. The Morgan fingerprint density at radius 1 is 1.03 bits per heavy atom. The molecule has 3 heterocycles. The lowest BCUT2D eigenvalue weighted by atomic mass is 9.93.